The summed E-state index contributed by atoms with van der Waals surface area (Å²) in [6.07, 6.45) is 2.07. The molecule has 4 nitrogen and oxygen atoms in total. The third kappa shape index (κ3) is 2.50. The summed E-state index contributed by atoms with van der Waals surface area (Å²) in [5.41, 5.74) is 1.88. The highest BCUT2D eigenvalue weighted by Gasteiger charge is 2.64. The Morgan fingerprint density at radius 2 is 1.95 bits per heavy atom. The van der Waals surface area contributed by atoms with Crippen LogP contribution in [-0.4, -0.2) is 29.8 Å². The minimum atomic E-state index is 0.416. The molecule has 0 unspecified atom stereocenters. The second kappa shape index (κ2) is 4.82. The number of ether oxygens (including phenoxy) is 1. The predicted molar refractivity (Wildman–Crippen MR) is 78.4 cm³/mol. The van der Waals surface area contributed by atoms with E-state index in [-0.39, 0.29) is 0 Å². The minimum absolute atomic E-state index is 0.416. The summed E-state index contributed by atoms with van der Waals surface area (Å²) in [6.45, 7) is 14.0. The molecular formula is C15H27N3O. The second-order valence-electron chi connectivity index (χ2n) is 6.77. The fourth-order valence-corrected chi connectivity index (χ4v) is 3.08. The van der Waals surface area contributed by atoms with Gasteiger partial charge in [0.25, 0.3) is 0 Å². The van der Waals surface area contributed by atoms with Gasteiger partial charge in [-0.2, -0.15) is 0 Å². The van der Waals surface area contributed by atoms with Gasteiger partial charge in [-0.1, -0.05) is 27.7 Å². The molecule has 0 amide bonds. The predicted octanol–water partition coefficient (Wildman–Crippen LogP) is 2.93. The first-order valence-corrected chi connectivity index (χ1v) is 7.07. The number of nitrogens with one attached hydrogen (secondary N) is 1. The van der Waals surface area contributed by atoms with Gasteiger partial charge in [0.2, 0.25) is 5.95 Å². The number of methoxy groups -OCH3 is 1. The van der Waals surface area contributed by atoms with Crippen molar-refractivity contribution in [3.05, 3.63) is 11.9 Å². The molecule has 1 N–H and O–H groups in total. The average Bonchev–Trinajstić information content (AvgIpc) is 2.60. The first kappa shape index (κ1) is 14.4. The molecule has 1 fully saturated rings. The maximum atomic E-state index is 5.14. The van der Waals surface area contributed by atoms with Gasteiger partial charge in [0, 0.05) is 26.4 Å². The Kier molecular flexibility index (Phi) is 3.65. The zero-order chi connectivity index (χ0) is 14.3. The van der Waals surface area contributed by atoms with Crippen LogP contribution in [0.2, 0.25) is 0 Å². The van der Waals surface area contributed by atoms with Crippen LogP contribution in [-0.2, 0) is 11.3 Å². The molecule has 108 valence electrons. The Labute approximate surface area is 116 Å². The molecule has 1 heterocycles. The first-order valence-electron chi connectivity index (χ1n) is 7.07. The molecule has 0 saturated heterocycles. The summed E-state index contributed by atoms with van der Waals surface area (Å²) in [6, 6.07) is 0. The van der Waals surface area contributed by atoms with Crippen LogP contribution in [0.15, 0.2) is 6.20 Å². The van der Waals surface area contributed by atoms with Crippen molar-refractivity contribution < 1.29 is 4.74 Å². The first-order chi connectivity index (χ1) is 8.80. The van der Waals surface area contributed by atoms with Crippen molar-refractivity contribution in [1.29, 1.82) is 0 Å². The molecule has 4 heteroatoms. The lowest BCUT2D eigenvalue weighted by Crippen LogP contribution is -2.14. The van der Waals surface area contributed by atoms with E-state index in [0.29, 0.717) is 23.4 Å². The van der Waals surface area contributed by atoms with E-state index in [1.165, 1.54) is 0 Å². The lowest BCUT2D eigenvalue weighted by atomic mass is 10.0. The molecule has 19 heavy (non-hydrogen) atoms. The van der Waals surface area contributed by atoms with E-state index in [4.69, 9.17) is 4.74 Å². The molecule has 0 atom stereocenters. The van der Waals surface area contributed by atoms with Crippen LogP contribution in [0.1, 0.15) is 33.4 Å². The number of nitrogens with zero attached hydrogens (tertiary/aromatic N) is 2. The maximum absolute atomic E-state index is 5.14. The van der Waals surface area contributed by atoms with Crippen molar-refractivity contribution >= 4 is 5.95 Å². The van der Waals surface area contributed by atoms with Gasteiger partial charge < -0.3 is 14.6 Å². The molecule has 0 aliphatic heterocycles. The molecule has 0 bridgehead atoms. The Bertz CT molecular complexity index is 434. The van der Waals surface area contributed by atoms with Gasteiger partial charge in [-0.05, 0) is 23.7 Å². The van der Waals surface area contributed by atoms with Gasteiger partial charge in [-0.3, -0.25) is 0 Å². The van der Waals surface area contributed by atoms with Crippen LogP contribution in [0.5, 0.6) is 0 Å². The van der Waals surface area contributed by atoms with E-state index in [1.54, 1.807) is 7.11 Å². The molecule has 0 radical (unpaired) electrons. The quantitative estimate of drug-likeness (QED) is 0.859. The summed E-state index contributed by atoms with van der Waals surface area (Å²) in [5.74, 6) is 1.67. The Hall–Kier alpha value is -1.03. The van der Waals surface area contributed by atoms with Gasteiger partial charge >= 0.3 is 0 Å². The molecule has 0 aromatic carbocycles. The number of hydrogen-bond acceptors (Lipinski definition) is 3. The van der Waals surface area contributed by atoms with Crippen LogP contribution in [0.4, 0.5) is 5.95 Å². The van der Waals surface area contributed by atoms with E-state index < -0.39 is 0 Å². The molecule has 1 aromatic rings. The SMILES string of the molecule is COCCn1cc(C)nc1NCC1C(C)(C)C1(C)C. The van der Waals surface area contributed by atoms with Crippen LogP contribution >= 0.6 is 0 Å². The summed E-state index contributed by atoms with van der Waals surface area (Å²) in [4.78, 5) is 4.56. The molecule has 1 aliphatic rings. The van der Waals surface area contributed by atoms with Crippen molar-refractivity contribution in [2.24, 2.45) is 16.7 Å². The van der Waals surface area contributed by atoms with Gasteiger partial charge in [-0.25, -0.2) is 4.98 Å². The van der Waals surface area contributed by atoms with Gasteiger partial charge in [0.05, 0.1) is 12.3 Å². The van der Waals surface area contributed by atoms with E-state index in [0.717, 1.165) is 24.7 Å². The van der Waals surface area contributed by atoms with E-state index >= 15 is 0 Å². The van der Waals surface area contributed by atoms with Crippen LogP contribution in [0, 0.1) is 23.7 Å². The fraction of sp³-hybridized carbons (Fsp3) is 0.800. The monoisotopic (exact) mass is 265 g/mol. The molecule has 1 aliphatic carbocycles. The van der Waals surface area contributed by atoms with E-state index in [2.05, 4.69) is 48.8 Å². The standard InChI is InChI=1S/C15H27N3O/c1-11-10-18(7-8-19-6)13(17-11)16-9-12-14(2,3)15(12,4)5/h10,12H,7-9H2,1-6H3,(H,16,17). The van der Waals surface area contributed by atoms with Gasteiger partial charge in [-0.15, -0.1) is 0 Å². The number of aryl methyl sites for hydroxylation is 1. The van der Waals surface area contributed by atoms with Crippen molar-refractivity contribution in [3.8, 4) is 0 Å². The smallest absolute Gasteiger partial charge is 0.203 e. The third-order valence-electron chi connectivity index (χ3n) is 5.22. The highest BCUT2D eigenvalue weighted by Crippen LogP contribution is 2.68. The number of aromatic nitrogens is 2. The second-order valence-corrected chi connectivity index (χ2v) is 6.77. The number of anilines is 1. The van der Waals surface area contributed by atoms with Crippen LogP contribution in [0.3, 0.4) is 0 Å². The van der Waals surface area contributed by atoms with Gasteiger partial charge in [0.15, 0.2) is 0 Å². The zero-order valence-corrected chi connectivity index (χ0v) is 13.1. The topological polar surface area (TPSA) is 39.1 Å². The maximum Gasteiger partial charge on any atom is 0.203 e. The summed E-state index contributed by atoms with van der Waals surface area (Å²) >= 11 is 0. The molecule has 1 aromatic heterocycles. The largest absolute Gasteiger partial charge is 0.383 e. The fourth-order valence-electron chi connectivity index (χ4n) is 3.08. The van der Waals surface area contributed by atoms with Crippen molar-refractivity contribution in [2.75, 3.05) is 25.6 Å². The van der Waals surface area contributed by atoms with Crippen molar-refractivity contribution in [1.82, 2.24) is 9.55 Å². The minimum Gasteiger partial charge on any atom is -0.383 e. The normalized spacial score (nSPS) is 20.5. The highest BCUT2D eigenvalue weighted by atomic mass is 16.5. The molecule has 1 saturated carbocycles. The summed E-state index contributed by atoms with van der Waals surface area (Å²) in [7, 11) is 1.73. The molecule has 2 rings (SSSR count). The lowest BCUT2D eigenvalue weighted by molar-refractivity contribution is 0.187. The van der Waals surface area contributed by atoms with E-state index in [1.807, 2.05) is 6.92 Å². The summed E-state index contributed by atoms with van der Waals surface area (Å²) < 4.78 is 7.28. The Balaban J connectivity index is 1.97. The molecular weight excluding hydrogens is 238 g/mol. The van der Waals surface area contributed by atoms with Crippen molar-refractivity contribution in [2.45, 2.75) is 41.2 Å². The van der Waals surface area contributed by atoms with Crippen LogP contribution < -0.4 is 5.32 Å². The summed E-state index contributed by atoms with van der Waals surface area (Å²) in [5, 5.41) is 3.51. The van der Waals surface area contributed by atoms with Gasteiger partial charge in [0.1, 0.15) is 0 Å². The highest BCUT2D eigenvalue weighted by molar-refractivity contribution is 5.30. The number of hydrogen-bond donors (Lipinski definition) is 1. The van der Waals surface area contributed by atoms with E-state index in [9.17, 15) is 0 Å². The average molecular weight is 265 g/mol. The third-order valence-corrected chi connectivity index (χ3v) is 5.22. The number of rotatable bonds is 6. The lowest BCUT2D eigenvalue weighted by Gasteiger charge is -2.10. The van der Waals surface area contributed by atoms with Crippen LogP contribution in [0.25, 0.3) is 0 Å². The van der Waals surface area contributed by atoms with Crippen molar-refractivity contribution in [3.63, 3.8) is 0 Å². The number of imidazole rings is 1. The Morgan fingerprint density at radius 1 is 1.32 bits per heavy atom. The Morgan fingerprint density at radius 3 is 2.47 bits per heavy atom. The zero-order valence-electron chi connectivity index (χ0n) is 13.1. The molecule has 0 spiro atoms.